The van der Waals surface area contributed by atoms with Crippen molar-refractivity contribution in [3.63, 3.8) is 0 Å². The summed E-state index contributed by atoms with van der Waals surface area (Å²) in [6.45, 7) is 3.21. The van der Waals surface area contributed by atoms with Crippen LogP contribution in [0.3, 0.4) is 0 Å². The van der Waals surface area contributed by atoms with Crippen LogP contribution in [0.4, 0.5) is 4.79 Å². The summed E-state index contributed by atoms with van der Waals surface area (Å²) in [6.07, 6.45) is 1.64. The van der Waals surface area contributed by atoms with Crippen molar-refractivity contribution in [2.24, 2.45) is 0 Å². The molecule has 1 atom stereocenters. The van der Waals surface area contributed by atoms with Crippen LogP contribution in [0.2, 0.25) is 0 Å². The molecule has 0 spiro atoms. The minimum absolute atomic E-state index is 0.0175. The van der Waals surface area contributed by atoms with Gasteiger partial charge in [0.15, 0.2) is 0 Å². The Hall–Kier alpha value is -2.49. The maximum atomic E-state index is 12.0. The third-order valence-corrected chi connectivity index (χ3v) is 4.00. The van der Waals surface area contributed by atoms with Crippen molar-refractivity contribution in [2.45, 2.75) is 25.8 Å². The van der Waals surface area contributed by atoms with E-state index in [1.54, 1.807) is 0 Å². The van der Waals surface area contributed by atoms with E-state index in [2.05, 4.69) is 35.8 Å². The van der Waals surface area contributed by atoms with Crippen molar-refractivity contribution in [3.8, 4) is 5.75 Å². The Bertz CT molecular complexity index is 685. The minimum atomic E-state index is -0.134. The standard InChI is InChI=1S/C19H22N2O2/c1-14-5-4-6-15(11-14)9-10-20-19(22)21-17-12-16-7-2-3-8-18(16)23-13-17/h2-8,11,17H,9-10,12-13H2,1H3,(H2,20,21,22). The fraction of sp³-hybridized carbons (Fsp3) is 0.316. The molecule has 3 rings (SSSR count). The Morgan fingerprint density at radius 1 is 1.22 bits per heavy atom. The molecule has 1 aliphatic rings. The van der Waals surface area contributed by atoms with Gasteiger partial charge in [-0.3, -0.25) is 0 Å². The summed E-state index contributed by atoms with van der Waals surface area (Å²) in [4.78, 5) is 12.0. The van der Waals surface area contributed by atoms with Crippen LogP contribution < -0.4 is 15.4 Å². The molecule has 0 saturated heterocycles. The Kier molecular flexibility index (Phi) is 4.81. The van der Waals surface area contributed by atoms with E-state index in [0.717, 1.165) is 24.2 Å². The SMILES string of the molecule is Cc1cccc(CCNC(=O)NC2COc3ccccc3C2)c1. The van der Waals surface area contributed by atoms with E-state index in [9.17, 15) is 4.79 Å². The molecule has 1 unspecified atom stereocenters. The Morgan fingerprint density at radius 3 is 2.96 bits per heavy atom. The predicted octanol–water partition coefficient (Wildman–Crippen LogP) is 2.84. The zero-order chi connectivity index (χ0) is 16.1. The average Bonchev–Trinajstić information content (AvgIpc) is 2.55. The topological polar surface area (TPSA) is 50.4 Å². The molecule has 4 nitrogen and oxygen atoms in total. The first kappa shape index (κ1) is 15.4. The van der Waals surface area contributed by atoms with Crippen LogP contribution in [0.15, 0.2) is 48.5 Å². The molecule has 1 heterocycles. The Labute approximate surface area is 136 Å². The zero-order valence-electron chi connectivity index (χ0n) is 13.3. The van der Waals surface area contributed by atoms with E-state index in [1.165, 1.54) is 11.1 Å². The van der Waals surface area contributed by atoms with E-state index >= 15 is 0 Å². The Morgan fingerprint density at radius 2 is 2.09 bits per heavy atom. The molecular weight excluding hydrogens is 288 g/mol. The molecule has 2 aromatic rings. The second kappa shape index (κ2) is 7.18. The van der Waals surface area contributed by atoms with Crippen LogP contribution in [0.1, 0.15) is 16.7 Å². The van der Waals surface area contributed by atoms with E-state index in [1.807, 2.05) is 30.3 Å². The molecule has 0 fully saturated rings. The van der Waals surface area contributed by atoms with E-state index in [-0.39, 0.29) is 12.1 Å². The quantitative estimate of drug-likeness (QED) is 0.912. The van der Waals surface area contributed by atoms with Gasteiger partial charge in [-0.15, -0.1) is 0 Å². The molecule has 2 amide bonds. The molecule has 2 aromatic carbocycles. The number of nitrogens with one attached hydrogen (secondary N) is 2. The predicted molar refractivity (Wildman–Crippen MR) is 90.8 cm³/mol. The first-order chi connectivity index (χ1) is 11.2. The molecule has 120 valence electrons. The van der Waals surface area contributed by atoms with Crippen LogP contribution in [0, 0.1) is 6.92 Å². The molecule has 4 heteroatoms. The van der Waals surface area contributed by atoms with Crippen molar-refractivity contribution < 1.29 is 9.53 Å². The fourth-order valence-electron chi connectivity index (χ4n) is 2.85. The summed E-state index contributed by atoms with van der Waals surface area (Å²) < 4.78 is 5.68. The van der Waals surface area contributed by atoms with Gasteiger partial charge >= 0.3 is 6.03 Å². The highest BCUT2D eigenvalue weighted by atomic mass is 16.5. The number of carbonyl (C=O) groups is 1. The van der Waals surface area contributed by atoms with Crippen molar-refractivity contribution in [1.82, 2.24) is 10.6 Å². The number of hydrogen-bond acceptors (Lipinski definition) is 2. The highest BCUT2D eigenvalue weighted by Crippen LogP contribution is 2.23. The lowest BCUT2D eigenvalue weighted by Gasteiger charge is -2.26. The number of carbonyl (C=O) groups excluding carboxylic acids is 1. The molecule has 2 N–H and O–H groups in total. The number of ether oxygens (including phenoxy) is 1. The minimum Gasteiger partial charge on any atom is -0.491 e. The largest absolute Gasteiger partial charge is 0.491 e. The molecule has 0 bridgehead atoms. The number of fused-ring (bicyclic) bond motifs is 1. The van der Waals surface area contributed by atoms with Gasteiger partial charge in [0, 0.05) is 6.54 Å². The molecular formula is C19H22N2O2. The average molecular weight is 310 g/mol. The summed E-state index contributed by atoms with van der Waals surface area (Å²) in [5.41, 5.74) is 3.62. The van der Waals surface area contributed by atoms with Crippen LogP contribution in [-0.4, -0.2) is 25.2 Å². The van der Waals surface area contributed by atoms with Crippen LogP contribution in [-0.2, 0) is 12.8 Å². The summed E-state index contributed by atoms with van der Waals surface area (Å²) in [5, 5.41) is 5.90. The molecule has 0 aliphatic carbocycles. The molecule has 23 heavy (non-hydrogen) atoms. The molecule has 1 aliphatic heterocycles. The van der Waals surface area contributed by atoms with Crippen molar-refractivity contribution in [3.05, 3.63) is 65.2 Å². The van der Waals surface area contributed by atoms with Crippen LogP contribution >= 0.6 is 0 Å². The monoisotopic (exact) mass is 310 g/mol. The first-order valence-corrected chi connectivity index (χ1v) is 8.01. The van der Waals surface area contributed by atoms with E-state index in [4.69, 9.17) is 4.74 Å². The number of para-hydroxylation sites is 1. The maximum Gasteiger partial charge on any atom is 0.315 e. The summed E-state index contributed by atoms with van der Waals surface area (Å²) >= 11 is 0. The number of aryl methyl sites for hydroxylation is 1. The third kappa shape index (κ3) is 4.25. The smallest absolute Gasteiger partial charge is 0.315 e. The van der Waals surface area contributed by atoms with Gasteiger partial charge < -0.3 is 15.4 Å². The number of benzene rings is 2. The molecule has 0 radical (unpaired) electrons. The number of urea groups is 1. The number of rotatable bonds is 4. The summed E-state index contributed by atoms with van der Waals surface area (Å²) in [7, 11) is 0. The maximum absolute atomic E-state index is 12.0. The van der Waals surface area contributed by atoms with E-state index < -0.39 is 0 Å². The Balaban J connectivity index is 1.43. The second-order valence-corrected chi connectivity index (χ2v) is 5.96. The third-order valence-electron chi connectivity index (χ3n) is 4.00. The highest BCUT2D eigenvalue weighted by molar-refractivity contribution is 5.74. The van der Waals surface area contributed by atoms with Crippen molar-refractivity contribution in [1.29, 1.82) is 0 Å². The van der Waals surface area contributed by atoms with Crippen LogP contribution in [0.5, 0.6) is 5.75 Å². The summed E-state index contributed by atoms with van der Waals surface area (Å²) in [6, 6.07) is 16.2. The van der Waals surface area contributed by atoms with Gasteiger partial charge in [-0.05, 0) is 37.0 Å². The van der Waals surface area contributed by atoms with Crippen molar-refractivity contribution in [2.75, 3.05) is 13.2 Å². The molecule has 0 saturated carbocycles. The van der Waals surface area contributed by atoms with Gasteiger partial charge in [-0.25, -0.2) is 4.79 Å². The lowest BCUT2D eigenvalue weighted by molar-refractivity contribution is 0.214. The number of amides is 2. The summed E-state index contributed by atoms with van der Waals surface area (Å²) in [5.74, 6) is 0.922. The lowest BCUT2D eigenvalue weighted by Crippen LogP contribution is -2.47. The zero-order valence-corrected chi connectivity index (χ0v) is 13.3. The van der Waals surface area contributed by atoms with Gasteiger partial charge in [0.05, 0.1) is 6.04 Å². The lowest BCUT2D eigenvalue weighted by atomic mass is 10.0. The van der Waals surface area contributed by atoms with Gasteiger partial charge in [0.25, 0.3) is 0 Å². The first-order valence-electron chi connectivity index (χ1n) is 8.01. The normalized spacial score (nSPS) is 16.1. The second-order valence-electron chi connectivity index (χ2n) is 5.96. The van der Waals surface area contributed by atoms with E-state index in [0.29, 0.717) is 13.2 Å². The van der Waals surface area contributed by atoms with Gasteiger partial charge in [0.2, 0.25) is 0 Å². The van der Waals surface area contributed by atoms with Gasteiger partial charge in [-0.1, -0.05) is 48.0 Å². The van der Waals surface area contributed by atoms with Crippen molar-refractivity contribution >= 4 is 6.03 Å². The fourth-order valence-corrected chi connectivity index (χ4v) is 2.85. The number of hydrogen-bond donors (Lipinski definition) is 2. The van der Waals surface area contributed by atoms with Crippen LogP contribution in [0.25, 0.3) is 0 Å². The molecule has 0 aromatic heterocycles. The van der Waals surface area contributed by atoms with Gasteiger partial charge in [0.1, 0.15) is 12.4 Å². The van der Waals surface area contributed by atoms with Gasteiger partial charge in [-0.2, -0.15) is 0 Å². The highest BCUT2D eigenvalue weighted by Gasteiger charge is 2.20.